The van der Waals surface area contributed by atoms with Crippen molar-refractivity contribution in [2.24, 2.45) is 15.3 Å². The van der Waals surface area contributed by atoms with Gasteiger partial charge < -0.3 is 15.9 Å². The first-order chi connectivity index (χ1) is 21.8. The molecular formula is C28H19N5O11S2. The number of nitrogens with zero attached hydrogens (tertiary/aromatic N) is 3. The lowest BCUT2D eigenvalue weighted by atomic mass is 9.94. The minimum atomic E-state index is -4.67. The quantitative estimate of drug-likeness (QED) is 0.0303. The molecule has 0 saturated heterocycles. The Labute approximate surface area is 262 Å². The number of hydrogen-bond donors (Lipinski definition) is 6. The van der Waals surface area contributed by atoms with Crippen LogP contribution in [0.4, 0.5) is 22.7 Å². The van der Waals surface area contributed by atoms with Crippen molar-refractivity contribution in [3.63, 3.8) is 0 Å². The molecule has 46 heavy (non-hydrogen) atoms. The molecule has 0 atom stereocenters. The van der Waals surface area contributed by atoms with Gasteiger partial charge in [-0.25, -0.2) is 14.8 Å². The number of allylic oxidation sites excluding steroid dienone is 1. The van der Waals surface area contributed by atoms with Crippen molar-refractivity contribution < 1.29 is 52.2 Å². The van der Waals surface area contributed by atoms with E-state index in [4.69, 9.17) is 11.0 Å². The fraction of sp³-hybridized carbons (Fsp3) is 0. The Balaban J connectivity index is 1.59. The second-order valence-electron chi connectivity index (χ2n) is 9.38. The van der Waals surface area contributed by atoms with Gasteiger partial charge in [-0.15, -0.1) is 9.45 Å². The van der Waals surface area contributed by atoms with Crippen molar-refractivity contribution in [3.8, 4) is 0 Å². The summed E-state index contributed by atoms with van der Waals surface area (Å²) in [6.07, 6.45) is 1.54. The molecule has 5 rings (SSSR count). The van der Waals surface area contributed by atoms with Gasteiger partial charge in [-0.2, -0.15) is 18.6 Å². The Hall–Kier alpha value is -5.50. The average molecular weight is 666 g/mol. The van der Waals surface area contributed by atoms with Crippen LogP contribution >= 0.6 is 12.0 Å². The second kappa shape index (κ2) is 12.9. The molecule has 18 heteroatoms. The number of ketones is 1. The summed E-state index contributed by atoms with van der Waals surface area (Å²) in [6, 6.07) is 14.2. The van der Waals surface area contributed by atoms with E-state index in [1.54, 1.807) is 12.1 Å². The molecule has 0 spiro atoms. The summed E-state index contributed by atoms with van der Waals surface area (Å²) in [5.74, 6) is -3.33. The first kappa shape index (κ1) is 31.9. The molecule has 0 saturated carbocycles. The first-order valence-corrected chi connectivity index (χ1v) is 14.8. The zero-order valence-electron chi connectivity index (χ0n) is 22.8. The van der Waals surface area contributed by atoms with Gasteiger partial charge in [0.1, 0.15) is 5.71 Å². The number of fused-ring (bicyclic) bond motifs is 2. The number of Topliss-reactive ketones (excluding diaryl/α,β-unsaturated/α-hetero) is 1. The number of azo groups is 1. The van der Waals surface area contributed by atoms with E-state index < -0.39 is 32.7 Å². The van der Waals surface area contributed by atoms with Gasteiger partial charge >= 0.3 is 11.9 Å². The molecule has 0 radical (unpaired) electrons. The smallest absolute Gasteiger partial charge is 0.335 e. The molecule has 0 heterocycles. The van der Waals surface area contributed by atoms with Crippen molar-refractivity contribution in [2.45, 2.75) is 4.90 Å². The molecule has 7 N–H and O–H groups in total. The highest BCUT2D eigenvalue weighted by molar-refractivity contribution is 7.99. The lowest BCUT2D eigenvalue weighted by molar-refractivity contribution is -0.431. The van der Waals surface area contributed by atoms with Gasteiger partial charge in [0.2, 0.25) is 5.78 Å². The predicted octanol–water partition coefficient (Wildman–Crippen LogP) is 5.56. The molecule has 234 valence electrons. The number of nitrogens with two attached hydrogens (primary N) is 1. The molecule has 1 aliphatic rings. The van der Waals surface area contributed by atoms with Crippen LogP contribution in [0.2, 0.25) is 0 Å². The highest BCUT2D eigenvalue weighted by atomic mass is 32.2. The van der Waals surface area contributed by atoms with E-state index in [0.717, 1.165) is 30.3 Å². The molecule has 0 aliphatic heterocycles. The van der Waals surface area contributed by atoms with Crippen LogP contribution in [0.5, 0.6) is 0 Å². The summed E-state index contributed by atoms with van der Waals surface area (Å²) < 4.78 is 38.1. The number of aromatic carboxylic acids is 2. The van der Waals surface area contributed by atoms with E-state index in [0.29, 0.717) is 23.3 Å². The van der Waals surface area contributed by atoms with Gasteiger partial charge in [0.25, 0.3) is 10.1 Å². The standard InChI is InChI=1S/C28H19N5O11S2/c29-16-2-1-13-10-24(45-44-43-39)25(26(34)20(13)11-16)33-32-23-6-5-22(19-4-3-18(12-21(19)23)46(40,41)42)31-30-17-8-14(27(35)36)7-15(9-17)28(37)38/h1-12,32,39H,29H2,(H,35,36)(H,37,38)(H,40,41,42)/b31-30?,33-25-. The molecule has 0 amide bonds. The lowest BCUT2D eigenvalue weighted by Gasteiger charge is -2.17. The third-order valence-corrected chi connectivity index (χ3v) is 7.92. The predicted molar refractivity (Wildman–Crippen MR) is 165 cm³/mol. The number of carbonyl (C=O) groups excluding carboxylic acids is 1. The maximum Gasteiger partial charge on any atom is 0.335 e. The molecular weight excluding hydrogens is 646 g/mol. The Morgan fingerprint density at radius 3 is 2.26 bits per heavy atom. The average Bonchev–Trinajstić information content (AvgIpc) is 3.02. The minimum Gasteiger partial charge on any atom is -0.478 e. The number of benzene rings is 4. The van der Waals surface area contributed by atoms with Crippen molar-refractivity contribution in [1.29, 1.82) is 0 Å². The minimum absolute atomic E-state index is 0.0868. The zero-order valence-corrected chi connectivity index (χ0v) is 24.4. The molecule has 0 unspecified atom stereocenters. The maximum absolute atomic E-state index is 13.4. The van der Waals surface area contributed by atoms with Crippen molar-refractivity contribution in [1.82, 2.24) is 0 Å². The Morgan fingerprint density at radius 2 is 1.61 bits per heavy atom. The zero-order chi connectivity index (χ0) is 33.2. The van der Waals surface area contributed by atoms with Crippen molar-refractivity contribution >= 4 is 85.2 Å². The SMILES string of the molecule is Nc1ccc2c(c1)C(=O)/C(=N\Nc1ccc(N=Nc3cc(C(=O)O)cc(C(=O)O)c3)c3ccc(S(=O)(=O)O)cc13)C(SOOO)=C2. The molecule has 4 aromatic rings. The Kier molecular flexibility index (Phi) is 8.91. The number of carboxylic acids is 2. The third-order valence-electron chi connectivity index (χ3n) is 6.45. The van der Waals surface area contributed by atoms with Crippen LogP contribution in [0.15, 0.2) is 91.9 Å². The summed E-state index contributed by atoms with van der Waals surface area (Å²) in [5, 5.41) is 43.7. The van der Waals surface area contributed by atoms with Crippen LogP contribution in [0.3, 0.4) is 0 Å². The second-order valence-corrected chi connectivity index (χ2v) is 11.5. The third kappa shape index (κ3) is 6.76. The van der Waals surface area contributed by atoms with Crippen molar-refractivity contribution in [2.75, 3.05) is 11.2 Å². The summed E-state index contributed by atoms with van der Waals surface area (Å²) >= 11 is 0.487. The van der Waals surface area contributed by atoms with Crippen molar-refractivity contribution in [3.05, 3.63) is 93.9 Å². The first-order valence-electron chi connectivity index (χ1n) is 12.6. The van der Waals surface area contributed by atoms with Crippen LogP contribution in [0, 0.1) is 0 Å². The number of hydrogen-bond acceptors (Lipinski definition) is 14. The number of nitrogens with one attached hydrogen (secondary N) is 1. The van der Waals surface area contributed by atoms with Crippen LogP contribution < -0.4 is 11.2 Å². The molecule has 4 aromatic carbocycles. The summed E-state index contributed by atoms with van der Waals surface area (Å²) in [4.78, 5) is 35.9. The van der Waals surface area contributed by atoms with Gasteiger partial charge in [0.15, 0.2) is 0 Å². The van der Waals surface area contributed by atoms with E-state index in [1.165, 1.54) is 30.3 Å². The van der Waals surface area contributed by atoms with E-state index in [-0.39, 0.29) is 55.1 Å². The van der Waals surface area contributed by atoms with E-state index in [1.807, 2.05) is 0 Å². The largest absolute Gasteiger partial charge is 0.478 e. The molecule has 0 fully saturated rings. The number of carbonyl (C=O) groups is 3. The molecule has 16 nitrogen and oxygen atoms in total. The fourth-order valence-corrected chi connectivity index (χ4v) is 5.37. The van der Waals surface area contributed by atoms with E-state index in [9.17, 15) is 37.6 Å². The Morgan fingerprint density at radius 1 is 0.891 bits per heavy atom. The monoisotopic (exact) mass is 665 g/mol. The van der Waals surface area contributed by atoms with Gasteiger partial charge in [0.05, 0.1) is 50.0 Å². The van der Waals surface area contributed by atoms with Gasteiger partial charge in [0, 0.05) is 22.0 Å². The van der Waals surface area contributed by atoms with Crippen LogP contribution in [-0.4, -0.2) is 51.9 Å². The molecule has 1 aliphatic carbocycles. The summed E-state index contributed by atoms with van der Waals surface area (Å²) in [7, 11) is -4.67. The Bertz CT molecular complexity index is 2120. The summed E-state index contributed by atoms with van der Waals surface area (Å²) in [6.45, 7) is 0. The number of carboxylic acid groups (broad SMARTS) is 2. The number of nitrogen functional groups attached to an aromatic ring is 1. The summed E-state index contributed by atoms with van der Waals surface area (Å²) in [5.41, 5.74) is 8.92. The normalized spacial score (nSPS) is 14.0. The van der Waals surface area contributed by atoms with E-state index >= 15 is 0 Å². The number of rotatable bonds is 10. The van der Waals surface area contributed by atoms with Crippen LogP contribution in [-0.2, 0) is 19.5 Å². The highest BCUT2D eigenvalue weighted by Gasteiger charge is 2.28. The van der Waals surface area contributed by atoms with Gasteiger partial charge in [-0.05, 0) is 66.2 Å². The van der Waals surface area contributed by atoms with E-state index in [2.05, 4.69) is 30.1 Å². The fourth-order valence-electron chi connectivity index (χ4n) is 4.37. The van der Waals surface area contributed by atoms with Gasteiger partial charge in [-0.3, -0.25) is 14.8 Å². The number of hydrazone groups is 1. The van der Waals surface area contributed by atoms with Gasteiger partial charge in [-0.1, -0.05) is 17.2 Å². The lowest BCUT2D eigenvalue weighted by Crippen LogP contribution is -2.22. The molecule has 0 aromatic heterocycles. The van der Waals surface area contributed by atoms with Crippen LogP contribution in [0.25, 0.3) is 16.8 Å². The number of anilines is 2. The molecule has 0 bridgehead atoms. The topological polar surface area (TPSA) is 260 Å². The highest BCUT2D eigenvalue weighted by Crippen LogP contribution is 2.36. The van der Waals surface area contributed by atoms with Crippen LogP contribution in [0.1, 0.15) is 36.6 Å². The maximum atomic E-state index is 13.4.